The van der Waals surface area contributed by atoms with Crippen LogP contribution in [0.3, 0.4) is 0 Å². The average Bonchev–Trinajstić information content (AvgIpc) is 3.66. The van der Waals surface area contributed by atoms with Crippen molar-refractivity contribution in [1.82, 2.24) is 9.13 Å². The van der Waals surface area contributed by atoms with Crippen molar-refractivity contribution in [3.05, 3.63) is 163 Å². The summed E-state index contributed by atoms with van der Waals surface area (Å²) in [4.78, 5) is 0. The number of benzene rings is 5. The predicted molar refractivity (Wildman–Crippen MR) is 176 cm³/mol. The molecule has 5 aromatic carbocycles. The Morgan fingerprint density at radius 3 is 1.64 bits per heavy atom. The van der Waals surface area contributed by atoms with Gasteiger partial charge in [-0.15, -0.1) is 0 Å². The summed E-state index contributed by atoms with van der Waals surface area (Å²) in [6.45, 7) is 0. The maximum Gasteiger partial charge on any atom is 0.0534 e. The molecule has 200 valence electrons. The first-order valence-electron chi connectivity index (χ1n) is 14.7. The third kappa shape index (κ3) is 4.20. The van der Waals surface area contributed by atoms with Crippen LogP contribution in [-0.4, -0.2) is 9.13 Å². The minimum atomic E-state index is 1.07. The maximum absolute atomic E-state index is 2.34. The van der Waals surface area contributed by atoms with Crippen molar-refractivity contribution in [2.75, 3.05) is 0 Å². The SMILES string of the molecule is C1=Cc2c(c(-c3ccc(-c4ccc(-c5cn(-c6ccccc6)c6ccccc56)cc4)cc3)cn2-c2ccccc2)CC1. The number of hydrogen-bond donors (Lipinski definition) is 0. The van der Waals surface area contributed by atoms with E-state index in [-0.39, 0.29) is 0 Å². The molecule has 2 heterocycles. The molecule has 0 N–H and O–H groups in total. The first-order chi connectivity index (χ1) is 20.8. The lowest BCUT2D eigenvalue weighted by atomic mass is 9.94. The van der Waals surface area contributed by atoms with Crippen LogP contribution in [0, 0.1) is 0 Å². The summed E-state index contributed by atoms with van der Waals surface area (Å²) in [5.74, 6) is 0. The molecule has 2 aromatic heterocycles. The highest BCUT2D eigenvalue weighted by atomic mass is 15.0. The number of hydrogen-bond acceptors (Lipinski definition) is 0. The summed E-state index contributed by atoms with van der Waals surface area (Å²) in [6, 6.07) is 47.9. The fraction of sp³-hybridized carbons (Fsp3) is 0.0500. The molecule has 0 amide bonds. The lowest BCUT2D eigenvalue weighted by Gasteiger charge is -2.11. The summed E-state index contributed by atoms with van der Waals surface area (Å²) in [6.07, 6.45) is 11.3. The van der Waals surface area contributed by atoms with Crippen molar-refractivity contribution in [1.29, 1.82) is 0 Å². The molecular formula is C40H30N2. The van der Waals surface area contributed by atoms with Crippen LogP contribution in [0.25, 0.3) is 61.7 Å². The number of nitrogens with zero attached hydrogens (tertiary/aromatic N) is 2. The van der Waals surface area contributed by atoms with E-state index in [1.807, 2.05) is 0 Å². The second kappa shape index (κ2) is 10.2. The number of aromatic nitrogens is 2. The molecule has 0 saturated heterocycles. The minimum Gasteiger partial charge on any atom is -0.316 e. The largest absolute Gasteiger partial charge is 0.316 e. The van der Waals surface area contributed by atoms with Crippen LogP contribution in [0.2, 0.25) is 0 Å². The monoisotopic (exact) mass is 538 g/mol. The van der Waals surface area contributed by atoms with E-state index in [1.54, 1.807) is 0 Å². The van der Waals surface area contributed by atoms with E-state index in [0.29, 0.717) is 0 Å². The number of fused-ring (bicyclic) bond motifs is 2. The van der Waals surface area contributed by atoms with Gasteiger partial charge >= 0.3 is 0 Å². The Kier molecular flexibility index (Phi) is 5.97. The van der Waals surface area contributed by atoms with E-state index in [0.717, 1.165) is 12.8 Å². The Labute approximate surface area is 246 Å². The standard InChI is InChI=1S/C40H30N2/c1-3-11-33(12-4-1)41-27-37(35-15-7-9-17-39(35)41)31-23-19-29(20-24-31)30-21-25-32(26-22-30)38-28-42(34-13-5-2-6-14-34)40-18-10-8-16-36(38)40/h1-7,9-15,17-28H,8,16H2. The second-order valence-electron chi connectivity index (χ2n) is 11.0. The molecule has 0 fully saturated rings. The molecular weight excluding hydrogens is 508 g/mol. The zero-order chi connectivity index (χ0) is 27.9. The lowest BCUT2D eigenvalue weighted by molar-refractivity contribution is 0.959. The lowest BCUT2D eigenvalue weighted by Crippen LogP contribution is -1.99. The molecule has 0 unspecified atom stereocenters. The minimum absolute atomic E-state index is 1.07. The van der Waals surface area contributed by atoms with Crippen LogP contribution in [0.15, 0.2) is 152 Å². The van der Waals surface area contributed by atoms with Gasteiger partial charge in [0, 0.05) is 46.0 Å². The quantitative estimate of drug-likeness (QED) is 0.206. The fourth-order valence-corrected chi connectivity index (χ4v) is 6.37. The van der Waals surface area contributed by atoms with Crippen LogP contribution in [0.1, 0.15) is 17.7 Å². The van der Waals surface area contributed by atoms with E-state index in [1.165, 1.54) is 66.9 Å². The average molecular weight is 539 g/mol. The summed E-state index contributed by atoms with van der Waals surface area (Å²) in [5, 5.41) is 1.26. The van der Waals surface area contributed by atoms with Gasteiger partial charge in [-0.2, -0.15) is 0 Å². The van der Waals surface area contributed by atoms with Gasteiger partial charge in [-0.25, -0.2) is 0 Å². The number of allylic oxidation sites excluding steroid dienone is 1. The van der Waals surface area contributed by atoms with Gasteiger partial charge in [0.25, 0.3) is 0 Å². The molecule has 0 spiro atoms. The maximum atomic E-state index is 2.34. The molecule has 7 aromatic rings. The fourth-order valence-electron chi connectivity index (χ4n) is 6.37. The Morgan fingerprint density at radius 1 is 0.452 bits per heavy atom. The third-order valence-electron chi connectivity index (χ3n) is 8.49. The molecule has 1 aliphatic rings. The molecule has 0 radical (unpaired) electrons. The summed E-state index contributed by atoms with van der Waals surface area (Å²) < 4.78 is 4.62. The van der Waals surface area contributed by atoms with Crippen LogP contribution < -0.4 is 0 Å². The van der Waals surface area contributed by atoms with Gasteiger partial charge in [-0.3, -0.25) is 0 Å². The van der Waals surface area contributed by atoms with E-state index >= 15 is 0 Å². The van der Waals surface area contributed by atoms with Crippen LogP contribution in [0.4, 0.5) is 0 Å². The molecule has 2 heteroatoms. The molecule has 42 heavy (non-hydrogen) atoms. The smallest absolute Gasteiger partial charge is 0.0534 e. The van der Waals surface area contributed by atoms with Crippen LogP contribution in [-0.2, 0) is 6.42 Å². The van der Waals surface area contributed by atoms with E-state index in [4.69, 9.17) is 0 Å². The highest BCUT2D eigenvalue weighted by molar-refractivity contribution is 5.97. The van der Waals surface area contributed by atoms with Crippen LogP contribution in [0.5, 0.6) is 0 Å². The molecule has 0 atom stereocenters. The van der Waals surface area contributed by atoms with Crippen molar-refractivity contribution in [3.63, 3.8) is 0 Å². The number of para-hydroxylation sites is 3. The molecule has 0 aliphatic heterocycles. The van der Waals surface area contributed by atoms with Gasteiger partial charge in [-0.1, -0.05) is 109 Å². The van der Waals surface area contributed by atoms with Crippen molar-refractivity contribution in [2.24, 2.45) is 0 Å². The van der Waals surface area contributed by atoms with Crippen molar-refractivity contribution >= 4 is 17.0 Å². The topological polar surface area (TPSA) is 9.86 Å². The molecule has 8 rings (SSSR count). The Morgan fingerprint density at radius 2 is 0.976 bits per heavy atom. The van der Waals surface area contributed by atoms with Gasteiger partial charge in [0.1, 0.15) is 0 Å². The molecule has 0 bridgehead atoms. The Balaban J connectivity index is 1.12. The Hall–Kier alpha value is -5.34. The number of rotatable bonds is 5. The summed E-state index contributed by atoms with van der Waals surface area (Å²) in [7, 11) is 0. The zero-order valence-corrected chi connectivity index (χ0v) is 23.3. The summed E-state index contributed by atoms with van der Waals surface area (Å²) in [5.41, 5.74) is 13.9. The third-order valence-corrected chi connectivity index (χ3v) is 8.49. The second-order valence-corrected chi connectivity index (χ2v) is 11.0. The highest BCUT2D eigenvalue weighted by Crippen LogP contribution is 2.37. The van der Waals surface area contributed by atoms with Gasteiger partial charge in [0.05, 0.1) is 5.52 Å². The van der Waals surface area contributed by atoms with Crippen molar-refractivity contribution in [2.45, 2.75) is 12.8 Å². The zero-order valence-electron chi connectivity index (χ0n) is 23.3. The molecule has 1 aliphatic carbocycles. The molecule has 0 saturated carbocycles. The summed E-state index contributed by atoms with van der Waals surface area (Å²) >= 11 is 0. The van der Waals surface area contributed by atoms with Crippen molar-refractivity contribution < 1.29 is 0 Å². The van der Waals surface area contributed by atoms with E-state index in [9.17, 15) is 0 Å². The highest BCUT2D eigenvalue weighted by Gasteiger charge is 2.18. The normalized spacial score (nSPS) is 12.5. The predicted octanol–water partition coefficient (Wildman–Crippen LogP) is 10.4. The Bertz CT molecular complexity index is 2040. The van der Waals surface area contributed by atoms with Gasteiger partial charge in [0.15, 0.2) is 0 Å². The van der Waals surface area contributed by atoms with E-state index in [2.05, 4.69) is 167 Å². The van der Waals surface area contributed by atoms with Crippen LogP contribution >= 0.6 is 0 Å². The van der Waals surface area contributed by atoms with E-state index < -0.39 is 0 Å². The van der Waals surface area contributed by atoms with Gasteiger partial charge in [-0.05, 0) is 77.1 Å². The molecule has 2 nitrogen and oxygen atoms in total. The first kappa shape index (κ1) is 24.5. The first-order valence-corrected chi connectivity index (χ1v) is 14.7. The van der Waals surface area contributed by atoms with Gasteiger partial charge in [0.2, 0.25) is 0 Å². The van der Waals surface area contributed by atoms with Crippen molar-refractivity contribution in [3.8, 4) is 44.8 Å². The van der Waals surface area contributed by atoms with Gasteiger partial charge < -0.3 is 9.13 Å².